The number of piperazine rings is 2. The Kier molecular flexibility index (Phi) is 12.7. The van der Waals surface area contributed by atoms with E-state index in [9.17, 15) is 19.8 Å². The maximum absolute atomic E-state index is 14.1. The van der Waals surface area contributed by atoms with Gasteiger partial charge in [0.05, 0.1) is 48.3 Å². The van der Waals surface area contributed by atoms with Crippen LogP contribution in [0.1, 0.15) is 34.3 Å². The van der Waals surface area contributed by atoms with Gasteiger partial charge in [-0.25, -0.2) is 4.79 Å². The predicted molar refractivity (Wildman–Crippen MR) is 230 cm³/mol. The molecule has 58 heavy (non-hydrogen) atoms. The van der Waals surface area contributed by atoms with Crippen molar-refractivity contribution >= 4 is 10.9 Å². The van der Waals surface area contributed by atoms with E-state index in [2.05, 4.69) is 117 Å². The minimum absolute atomic E-state index is 0.0402. The molecule has 300 valence electrons. The number of rotatable bonds is 14. The first-order valence-corrected chi connectivity index (χ1v) is 20.6. The Hall–Kier alpha value is -5.20. The van der Waals surface area contributed by atoms with Crippen molar-refractivity contribution in [2.24, 2.45) is 0 Å². The zero-order valence-corrected chi connectivity index (χ0v) is 33.0. The summed E-state index contributed by atoms with van der Waals surface area (Å²) in [5.41, 5.74) is 4.56. The van der Waals surface area contributed by atoms with Crippen LogP contribution in [0.15, 0.2) is 155 Å². The quantitative estimate of drug-likeness (QED) is 0.165. The highest BCUT2D eigenvalue weighted by atomic mass is 16.3. The molecule has 2 aliphatic heterocycles. The van der Waals surface area contributed by atoms with Gasteiger partial charge in [-0.05, 0) is 34.4 Å². The van der Waals surface area contributed by atoms with Gasteiger partial charge in [-0.2, -0.15) is 0 Å². The zero-order valence-electron chi connectivity index (χ0n) is 33.0. The number of para-hydroxylation sites is 1. The Morgan fingerprint density at radius 1 is 0.414 bits per heavy atom. The third-order valence-electron chi connectivity index (χ3n) is 11.9. The van der Waals surface area contributed by atoms with Crippen LogP contribution in [-0.4, -0.2) is 117 Å². The molecule has 0 aliphatic carbocycles. The molecule has 0 saturated carbocycles. The molecule has 0 radical (unpaired) electrons. The molecule has 1 aromatic heterocycles. The van der Waals surface area contributed by atoms with E-state index in [1.807, 2.05) is 24.3 Å². The monoisotopic (exact) mass is 778 g/mol. The molecular formula is C48H54N6O4. The molecule has 2 saturated heterocycles. The Labute approximate surface area is 340 Å². The molecule has 2 aliphatic rings. The molecule has 2 atom stereocenters. The molecule has 5 aromatic carbocycles. The number of benzene rings is 5. The van der Waals surface area contributed by atoms with Crippen molar-refractivity contribution < 1.29 is 10.2 Å². The Morgan fingerprint density at radius 3 is 1.16 bits per heavy atom. The molecule has 3 heterocycles. The number of aromatic nitrogens is 2. The van der Waals surface area contributed by atoms with Crippen molar-refractivity contribution in [2.45, 2.75) is 37.4 Å². The maximum atomic E-state index is 14.1. The van der Waals surface area contributed by atoms with Gasteiger partial charge in [0, 0.05) is 65.4 Å². The molecule has 6 aromatic rings. The van der Waals surface area contributed by atoms with Crippen LogP contribution in [0.2, 0.25) is 0 Å². The van der Waals surface area contributed by atoms with Gasteiger partial charge in [-0.3, -0.25) is 33.5 Å². The van der Waals surface area contributed by atoms with Gasteiger partial charge in [0.25, 0.3) is 5.56 Å². The van der Waals surface area contributed by atoms with E-state index in [4.69, 9.17) is 0 Å². The summed E-state index contributed by atoms with van der Waals surface area (Å²) in [4.78, 5) is 37.3. The average molecular weight is 779 g/mol. The summed E-state index contributed by atoms with van der Waals surface area (Å²) < 4.78 is 2.67. The molecule has 0 amide bonds. The van der Waals surface area contributed by atoms with Crippen LogP contribution >= 0.6 is 0 Å². The number of hydrogen-bond donors (Lipinski definition) is 2. The lowest BCUT2D eigenvalue weighted by Crippen LogP contribution is -2.51. The van der Waals surface area contributed by atoms with E-state index in [1.54, 1.807) is 24.3 Å². The van der Waals surface area contributed by atoms with Gasteiger partial charge in [0.15, 0.2) is 0 Å². The SMILES string of the molecule is O=c1c2ccccc2n(CC(O)CN2CCN(C(c3ccccc3)c3ccccc3)CC2)c(=O)n1CC(O)CN1CCN(C(c2ccccc2)c2ccccc2)CC1. The summed E-state index contributed by atoms with van der Waals surface area (Å²) in [7, 11) is 0. The van der Waals surface area contributed by atoms with Crippen molar-refractivity contribution in [2.75, 3.05) is 65.4 Å². The number of aliphatic hydroxyl groups is 2. The fourth-order valence-electron chi connectivity index (χ4n) is 9.02. The van der Waals surface area contributed by atoms with E-state index in [0.29, 0.717) is 24.0 Å². The second-order valence-corrected chi connectivity index (χ2v) is 15.8. The lowest BCUT2D eigenvalue weighted by atomic mass is 9.96. The van der Waals surface area contributed by atoms with Gasteiger partial charge < -0.3 is 10.2 Å². The van der Waals surface area contributed by atoms with E-state index in [1.165, 1.54) is 26.8 Å². The number of nitrogens with zero attached hydrogens (tertiary/aromatic N) is 6. The molecule has 2 N–H and O–H groups in total. The van der Waals surface area contributed by atoms with Gasteiger partial charge in [-0.1, -0.05) is 133 Å². The lowest BCUT2D eigenvalue weighted by Gasteiger charge is -2.40. The van der Waals surface area contributed by atoms with E-state index >= 15 is 0 Å². The molecule has 2 fully saturated rings. The second-order valence-electron chi connectivity index (χ2n) is 15.8. The smallest absolute Gasteiger partial charge is 0.331 e. The first-order chi connectivity index (χ1) is 28.4. The molecule has 10 heteroatoms. The first kappa shape index (κ1) is 39.6. The summed E-state index contributed by atoms with van der Waals surface area (Å²) in [6, 6.07) is 49.6. The highest BCUT2D eigenvalue weighted by Crippen LogP contribution is 2.31. The molecule has 0 spiro atoms. The molecule has 0 bridgehead atoms. The minimum atomic E-state index is -0.928. The second kappa shape index (κ2) is 18.6. The predicted octanol–water partition coefficient (Wildman–Crippen LogP) is 4.70. The number of fused-ring (bicyclic) bond motifs is 1. The van der Waals surface area contributed by atoms with Crippen LogP contribution in [0, 0.1) is 0 Å². The molecule has 2 unspecified atom stereocenters. The minimum Gasteiger partial charge on any atom is -0.390 e. The van der Waals surface area contributed by atoms with Gasteiger partial charge in [-0.15, -0.1) is 0 Å². The summed E-state index contributed by atoms with van der Waals surface area (Å²) in [5.74, 6) is 0. The maximum Gasteiger partial charge on any atom is 0.331 e. The topological polar surface area (TPSA) is 97.4 Å². The van der Waals surface area contributed by atoms with Gasteiger partial charge >= 0.3 is 5.69 Å². The van der Waals surface area contributed by atoms with E-state index in [-0.39, 0.29) is 25.2 Å². The summed E-state index contributed by atoms with van der Waals surface area (Å²) >= 11 is 0. The van der Waals surface area contributed by atoms with Crippen LogP contribution in [0.5, 0.6) is 0 Å². The zero-order chi connectivity index (χ0) is 39.8. The highest BCUT2D eigenvalue weighted by Gasteiger charge is 2.29. The number of β-amino-alcohol motifs (C(OH)–C–C–N with tert-alkyl or cyclic N) is 2. The van der Waals surface area contributed by atoms with E-state index in [0.717, 1.165) is 56.9 Å². The Bertz CT molecular complexity index is 2240. The molecule has 10 nitrogen and oxygen atoms in total. The van der Waals surface area contributed by atoms with Crippen molar-refractivity contribution in [3.8, 4) is 0 Å². The van der Waals surface area contributed by atoms with Crippen molar-refractivity contribution in [3.63, 3.8) is 0 Å². The van der Waals surface area contributed by atoms with Crippen molar-refractivity contribution in [1.82, 2.24) is 28.7 Å². The van der Waals surface area contributed by atoms with Crippen molar-refractivity contribution in [3.05, 3.63) is 189 Å². The van der Waals surface area contributed by atoms with Crippen LogP contribution in [0.25, 0.3) is 10.9 Å². The summed E-state index contributed by atoms with van der Waals surface area (Å²) in [6.07, 6.45) is -1.77. The van der Waals surface area contributed by atoms with Crippen LogP contribution in [0.3, 0.4) is 0 Å². The standard InChI is InChI=1S/C48H54N6O4/c55-41(33-49-25-29-51(30-26-49)45(37-15-5-1-6-16-37)38-17-7-2-8-18-38)35-53-44-24-14-13-23-43(44)47(57)54(48(53)58)36-42(56)34-50-27-31-52(32-28-50)46(39-19-9-3-10-20-39)40-21-11-4-12-22-40/h1-24,41-42,45-46,55-56H,25-36H2. The van der Waals surface area contributed by atoms with Gasteiger partial charge in [0.2, 0.25) is 0 Å². The third kappa shape index (κ3) is 9.08. The summed E-state index contributed by atoms with van der Waals surface area (Å²) in [6.45, 7) is 7.04. The normalized spacial score (nSPS) is 17.2. The summed E-state index contributed by atoms with van der Waals surface area (Å²) in [5, 5.41) is 23.2. The number of hydrogen-bond acceptors (Lipinski definition) is 8. The van der Waals surface area contributed by atoms with Crippen LogP contribution < -0.4 is 11.2 Å². The van der Waals surface area contributed by atoms with Gasteiger partial charge in [0.1, 0.15) is 0 Å². The lowest BCUT2D eigenvalue weighted by molar-refractivity contribution is 0.0522. The average Bonchev–Trinajstić information content (AvgIpc) is 3.27. The van der Waals surface area contributed by atoms with Crippen molar-refractivity contribution in [1.29, 1.82) is 0 Å². The third-order valence-corrected chi connectivity index (χ3v) is 11.9. The van der Waals surface area contributed by atoms with E-state index < -0.39 is 23.5 Å². The Balaban J connectivity index is 0.908. The fraction of sp³-hybridized carbons (Fsp3) is 0.333. The largest absolute Gasteiger partial charge is 0.390 e. The highest BCUT2D eigenvalue weighted by molar-refractivity contribution is 5.77. The Morgan fingerprint density at radius 2 is 0.759 bits per heavy atom. The fourth-order valence-corrected chi connectivity index (χ4v) is 9.02. The molecular weight excluding hydrogens is 725 g/mol. The van der Waals surface area contributed by atoms with Crippen LogP contribution in [0.4, 0.5) is 0 Å². The molecule has 8 rings (SSSR count). The first-order valence-electron chi connectivity index (χ1n) is 20.6. The number of aliphatic hydroxyl groups excluding tert-OH is 2. The van der Waals surface area contributed by atoms with Crippen LogP contribution in [-0.2, 0) is 13.1 Å².